The van der Waals surface area contributed by atoms with Gasteiger partial charge in [0.05, 0.1) is 0 Å². The van der Waals surface area contributed by atoms with E-state index >= 15 is 0 Å². The molecule has 0 saturated heterocycles. The summed E-state index contributed by atoms with van der Waals surface area (Å²) in [5.41, 5.74) is 1.51. The van der Waals surface area contributed by atoms with Crippen LogP contribution >= 0.6 is 0 Å². The highest BCUT2D eigenvalue weighted by Crippen LogP contribution is 2.50. The first kappa shape index (κ1) is 15.1. The Bertz CT molecular complexity index is 425. The molecule has 1 aromatic carbocycles. The molecular formula is C20H31N. The van der Waals surface area contributed by atoms with E-state index < -0.39 is 0 Å². The van der Waals surface area contributed by atoms with Crippen molar-refractivity contribution in [2.24, 2.45) is 23.7 Å². The zero-order chi connectivity index (χ0) is 14.7. The Labute approximate surface area is 130 Å². The van der Waals surface area contributed by atoms with Gasteiger partial charge in [-0.1, -0.05) is 50.6 Å². The van der Waals surface area contributed by atoms with Gasteiger partial charge >= 0.3 is 0 Å². The average molecular weight is 285 g/mol. The molecule has 1 nitrogen and oxygen atoms in total. The summed E-state index contributed by atoms with van der Waals surface area (Å²) in [5, 5.41) is 3.68. The van der Waals surface area contributed by atoms with Gasteiger partial charge in [0, 0.05) is 6.04 Å². The van der Waals surface area contributed by atoms with E-state index in [0.29, 0.717) is 6.04 Å². The number of fused-ring (bicyclic) bond motifs is 2. The van der Waals surface area contributed by atoms with Crippen LogP contribution in [-0.2, 0) is 6.42 Å². The van der Waals surface area contributed by atoms with Gasteiger partial charge in [0.1, 0.15) is 0 Å². The Morgan fingerprint density at radius 3 is 2.52 bits per heavy atom. The van der Waals surface area contributed by atoms with E-state index in [1.165, 1.54) is 44.2 Å². The van der Waals surface area contributed by atoms with Crippen molar-refractivity contribution >= 4 is 0 Å². The van der Waals surface area contributed by atoms with Crippen molar-refractivity contribution in [3.8, 4) is 0 Å². The molecule has 4 unspecified atom stereocenters. The van der Waals surface area contributed by atoms with Gasteiger partial charge < -0.3 is 5.32 Å². The van der Waals surface area contributed by atoms with Gasteiger partial charge in [-0.15, -0.1) is 0 Å². The highest BCUT2D eigenvalue weighted by Gasteiger charge is 2.39. The maximum Gasteiger partial charge on any atom is 0.00104 e. The summed E-state index contributed by atoms with van der Waals surface area (Å²) in [6.07, 6.45) is 8.79. The first-order valence-electron chi connectivity index (χ1n) is 8.98. The molecule has 1 aromatic rings. The quantitative estimate of drug-likeness (QED) is 0.767. The molecule has 0 radical (unpaired) electrons. The third kappa shape index (κ3) is 4.10. The van der Waals surface area contributed by atoms with Crippen molar-refractivity contribution < 1.29 is 0 Å². The number of benzene rings is 1. The molecule has 0 aliphatic heterocycles. The molecule has 1 heteroatoms. The van der Waals surface area contributed by atoms with Gasteiger partial charge in [-0.05, 0) is 67.9 Å². The van der Waals surface area contributed by atoms with Gasteiger partial charge in [0.2, 0.25) is 0 Å². The molecule has 2 saturated carbocycles. The van der Waals surface area contributed by atoms with Crippen molar-refractivity contribution in [2.75, 3.05) is 6.54 Å². The van der Waals surface area contributed by atoms with Crippen LogP contribution in [0.1, 0.15) is 51.5 Å². The van der Waals surface area contributed by atoms with Crippen LogP contribution in [0.2, 0.25) is 0 Å². The molecular weight excluding hydrogens is 254 g/mol. The van der Waals surface area contributed by atoms with Crippen molar-refractivity contribution in [1.29, 1.82) is 0 Å². The number of hydrogen-bond donors (Lipinski definition) is 1. The summed E-state index contributed by atoms with van der Waals surface area (Å²) < 4.78 is 0. The third-order valence-electron chi connectivity index (χ3n) is 5.70. The lowest BCUT2D eigenvalue weighted by molar-refractivity contribution is 0.259. The van der Waals surface area contributed by atoms with Crippen molar-refractivity contribution in [3.63, 3.8) is 0 Å². The Balaban J connectivity index is 1.58. The first-order valence-corrected chi connectivity index (χ1v) is 8.98. The second-order valence-corrected chi connectivity index (χ2v) is 7.79. The third-order valence-corrected chi connectivity index (χ3v) is 5.70. The Hall–Kier alpha value is -0.820. The van der Waals surface area contributed by atoms with Crippen molar-refractivity contribution in [1.82, 2.24) is 5.32 Å². The molecule has 4 atom stereocenters. The average Bonchev–Trinajstić information content (AvgIpc) is 3.08. The SMILES string of the molecule is CC(C)NCC(Cc1ccccc1)CC1CC2CCC1C2. The minimum absolute atomic E-state index is 0.600. The van der Waals surface area contributed by atoms with Gasteiger partial charge in [-0.3, -0.25) is 0 Å². The lowest BCUT2D eigenvalue weighted by Gasteiger charge is -2.27. The second kappa shape index (κ2) is 6.96. The molecule has 2 fully saturated rings. The summed E-state index contributed by atoms with van der Waals surface area (Å²) in [6.45, 7) is 5.70. The number of hydrogen-bond acceptors (Lipinski definition) is 1. The van der Waals surface area contributed by atoms with Crippen LogP contribution in [0.25, 0.3) is 0 Å². The van der Waals surface area contributed by atoms with E-state index in [2.05, 4.69) is 49.5 Å². The van der Waals surface area contributed by atoms with Gasteiger partial charge in [0.25, 0.3) is 0 Å². The van der Waals surface area contributed by atoms with Crippen molar-refractivity contribution in [3.05, 3.63) is 35.9 Å². The first-order chi connectivity index (χ1) is 10.2. The molecule has 2 aliphatic carbocycles. The molecule has 0 aromatic heterocycles. The summed E-state index contributed by atoms with van der Waals surface area (Å²) >= 11 is 0. The lowest BCUT2D eigenvalue weighted by Crippen LogP contribution is -2.31. The van der Waals surface area contributed by atoms with Crippen LogP contribution in [-0.4, -0.2) is 12.6 Å². The highest BCUT2D eigenvalue weighted by atomic mass is 14.9. The Morgan fingerprint density at radius 2 is 1.90 bits per heavy atom. The summed E-state index contributed by atoms with van der Waals surface area (Å²) in [4.78, 5) is 0. The summed E-state index contributed by atoms with van der Waals surface area (Å²) in [6, 6.07) is 11.7. The largest absolute Gasteiger partial charge is 0.314 e. The maximum atomic E-state index is 3.68. The highest BCUT2D eigenvalue weighted by molar-refractivity contribution is 5.15. The molecule has 1 N–H and O–H groups in total. The monoisotopic (exact) mass is 285 g/mol. The zero-order valence-corrected chi connectivity index (χ0v) is 13.7. The van der Waals surface area contributed by atoms with Crippen LogP contribution in [0.3, 0.4) is 0 Å². The van der Waals surface area contributed by atoms with E-state index in [1.807, 2.05) is 0 Å². The molecule has 0 spiro atoms. The molecule has 2 bridgehead atoms. The van der Waals surface area contributed by atoms with E-state index in [0.717, 1.165) is 23.7 Å². The predicted octanol–water partition coefficient (Wildman–Crippen LogP) is 4.67. The van der Waals surface area contributed by atoms with Crippen LogP contribution in [0.15, 0.2) is 30.3 Å². The molecule has 116 valence electrons. The van der Waals surface area contributed by atoms with Gasteiger partial charge in [-0.2, -0.15) is 0 Å². The number of rotatable bonds is 7. The topological polar surface area (TPSA) is 12.0 Å². The Kier molecular flexibility index (Phi) is 5.00. The zero-order valence-electron chi connectivity index (χ0n) is 13.7. The molecule has 3 rings (SSSR count). The van der Waals surface area contributed by atoms with E-state index in [9.17, 15) is 0 Å². The normalized spacial score (nSPS) is 29.2. The number of nitrogens with one attached hydrogen (secondary N) is 1. The molecule has 2 aliphatic rings. The lowest BCUT2D eigenvalue weighted by atomic mass is 9.80. The fourth-order valence-electron chi connectivity index (χ4n) is 4.68. The molecule has 0 amide bonds. The van der Waals surface area contributed by atoms with Gasteiger partial charge in [0.15, 0.2) is 0 Å². The minimum Gasteiger partial charge on any atom is -0.314 e. The van der Waals surface area contributed by atoms with Crippen LogP contribution in [0, 0.1) is 23.7 Å². The van der Waals surface area contributed by atoms with Crippen LogP contribution in [0.5, 0.6) is 0 Å². The second-order valence-electron chi connectivity index (χ2n) is 7.79. The maximum absolute atomic E-state index is 3.68. The molecule has 0 heterocycles. The van der Waals surface area contributed by atoms with Crippen molar-refractivity contribution in [2.45, 2.75) is 58.4 Å². The predicted molar refractivity (Wildman–Crippen MR) is 90.3 cm³/mol. The summed E-state index contributed by atoms with van der Waals surface area (Å²) in [7, 11) is 0. The fraction of sp³-hybridized carbons (Fsp3) is 0.700. The van der Waals surface area contributed by atoms with E-state index in [1.54, 1.807) is 6.42 Å². The summed E-state index contributed by atoms with van der Waals surface area (Å²) in [5.74, 6) is 3.97. The van der Waals surface area contributed by atoms with E-state index in [4.69, 9.17) is 0 Å². The molecule has 21 heavy (non-hydrogen) atoms. The standard InChI is InChI=1S/C20H31N/c1-15(2)21-14-18(10-16-6-4-3-5-7-16)13-20-12-17-8-9-19(20)11-17/h3-7,15,17-21H,8-14H2,1-2H3. The minimum atomic E-state index is 0.600. The van der Waals surface area contributed by atoms with Crippen LogP contribution < -0.4 is 5.32 Å². The Morgan fingerprint density at radius 1 is 1.10 bits per heavy atom. The van der Waals surface area contributed by atoms with Gasteiger partial charge in [-0.25, -0.2) is 0 Å². The van der Waals surface area contributed by atoms with Crippen LogP contribution in [0.4, 0.5) is 0 Å². The fourth-order valence-corrected chi connectivity index (χ4v) is 4.68. The van der Waals surface area contributed by atoms with E-state index in [-0.39, 0.29) is 0 Å². The smallest absolute Gasteiger partial charge is 0.00104 e.